The van der Waals surface area contributed by atoms with Gasteiger partial charge in [0.05, 0.1) is 11.1 Å². The van der Waals surface area contributed by atoms with Gasteiger partial charge in [0.1, 0.15) is 6.04 Å². The largest absolute Gasteiger partial charge is 0.357 e. The molecule has 0 fully saturated rings. The molecule has 0 saturated heterocycles. The van der Waals surface area contributed by atoms with E-state index in [0.29, 0.717) is 0 Å². The van der Waals surface area contributed by atoms with E-state index in [-0.39, 0.29) is 11.6 Å². The maximum absolute atomic E-state index is 4.50. The van der Waals surface area contributed by atoms with Gasteiger partial charge < -0.3 is 4.90 Å². The lowest BCUT2D eigenvalue weighted by molar-refractivity contribution is 0.330. The van der Waals surface area contributed by atoms with E-state index in [1.54, 1.807) is 0 Å². The van der Waals surface area contributed by atoms with E-state index in [4.69, 9.17) is 0 Å². The van der Waals surface area contributed by atoms with Crippen LogP contribution in [0.25, 0.3) is 10.9 Å². The fourth-order valence-electron chi connectivity index (χ4n) is 4.21. The molecule has 146 valence electrons. The molecule has 6 heteroatoms. The number of anilines is 1. The van der Waals surface area contributed by atoms with Crippen LogP contribution in [0.5, 0.6) is 0 Å². The number of pyridine rings is 1. The van der Waals surface area contributed by atoms with Crippen LogP contribution in [0, 0.1) is 0 Å². The fraction of sp³-hybridized carbons (Fsp3) is 0.304. The van der Waals surface area contributed by atoms with Crippen molar-refractivity contribution in [2.45, 2.75) is 38.8 Å². The lowest BCUT2D eigenvalue weighted by Crippen LogP contribution is -2.34. The molecule has 0 aliphatic carbocycles. The normalized spacial score (nSPS) is 14.9. The van der Waals surface area contributed by atoms with Crippen molar-refractivity contribution in [2.75, 3.05) is 11.4 Å². The molecule has 0 bridgehead atoms. The lowest BCUT2D eigenvalue weighted by Gasteiger charge is -2.32. The smallest absolute Gasteiger partial charge is 0.178 e. The summed E-state index contributed by atoms with van der Waals surface area (Å²) in [6, 6.07) is 19.1. The summed E-state index contributed by atoms with van der Waals surface area (Å²) in [6.45, 7) is 7.33. The maximum atomic E-state index is 4.50. The summed E-state index contributed by atoms with van der Waals surface area (Å²) >= 11 is 0. The minimum Gasteiger partial charge on any atom is -0.357 e. The molecule has 1 aliphatic heterocycles. The number of benzene rings is 2. The molecule has 0 saturated carbocycles. The number of hydrogen-bond acceptors (Lipinski definition) is 5. The maximum Gasteiger partial charge on any atom is 0.178 e. The summed E-state index contributed by atoms with van der Waals surface area (Å²) in [6.07, 6.45) is 2.86. The number of aromatic nitrogens is 5. The number of rotatable bonds is 3. The molecule has 2 aromatic carbocycles. The fourth-order valence-corrected chi connectivity index (χ4v) is 4.21. The van der Waals surface area contributed by atoms with Crippen LogP contribution >= 0.6 is 0 Å². The first kappa shape index (κ1) is 17.8. The van der Waals surface area contributed by atoms with E-state index in [9.17, 15) is 0 Å². The molecule has 2 aromatic heterocycles. The van der Waals surface area contributed by atoms with E-state index < -0.39 is 0 Å². The van der Waals surface area contributed by atoms with Gasteiger partial charge in [0.25, 0.3) is 0 Å². The van der Waals surface area contributed by atoms with Gasteiger partial charge in [0.15, 0.2) is 5.82 Å². The first-order valence-corrected chi connectivity index (χ1v) is 10.0. The SMILES string of the molecule is CC(C)(C)n1nnnc1[C@H](c1ccc2ncccc2c1)N1CCc2ccccc21. The highest BCUT2D eigenvalue weighted by molar-refractivity contribution is 5.79. The summed E-state index contributed by atoms with van der Waals surface area (Å²) < 4.78 is 1.95. The van der Waals surface area contributed by atoms with Crippen molar-refractivity contribution in [2.24, 2.45) is 0 Å². The quantitative estimate of drug-likeness (QED) is 0.532. The van der Waals surface area contributed by atoms with E-state index in [1.807, 2.05) is 16.9 Å². The van der Waals surface area contributed by atoms with Gasteiger partial charge in [-0.2, -0.15) is 0 Å². The van der Waals surface area contributed by atoms with Crippen LogP contribution in [0.1, 0.15) is 43.8 Å². The number of fused-ring (bicyclic) bond motifs is 2. The first-order valence-electron chi connectivity index (χ1n) is 10.0. The van der Waals surface area contributed by atoms with Crippen LogP contribution in [-0.2, 0) is 12.0 Å². The highest BCUT2D eigenvalue weighted by Gasteiger charge is 2.34. The van der Waals surface area contributed by atoms with Gasteiger partial charge in [-0.05, 0) is 73.0 Å². The minimum absolute atomic E-state index is 0.0718. The standard InChI is InChI=1S/C23H24N6/c1-23(2,3)29-22(25-26-27-29)21(28-14-12-16-7-4-5-9-20(16)28)18-10-11-19-17(15-18)8-6-13-24-19/h4-11,13,15,21H,12,14H2,1-3H3/t21-/m0/s1. The van der Waals surface area contributed by atoms with Crippen molar-refractivity contribution in [3.05, 3.63) is 77.7 Å². The molecule has 0 N–H and O–H groups in total. The zero-order valence-electron chi connectivity index (χ0n) is 16.9. The van der Waals surface area contributed by atoms with Crippen molar-refractivity contribution in [3.63, 3.8) is 0 Å². The van der Waals surface area contributed by atoms with Crippen LogP contribution < -0.4 is 4.90 Å². The third kappa shape index (κ3) is 3.05. The molecular formula is C23H24N6. The van der Waals surface area contributed by atoms with E-state index >= 15 is 0 Å². The number of nitrogens with zero attached hydrogens (tertiary/aromatic N) is 6. The van der Waals surface area contributed by atoms with E-state index in [2.05, 4.69) is 94.7 Å². The van der Waals surface area contributed by atoms with Crippen LogP contribution in [0.15, 0.2) is 60.8 Å². The zero-order valence-corrected chi connectivity index (χ0v) is 16.9. The predicted molar refractivity (Wildman–Crippen MR) is 114 cm³/mol. The van der Waals surface area contributed by atoms with Crippen molar-refractivity contribution >= 4 is 16.6 Å². The Bertz CT molecular complexity index is 1170. The Morgan fingerprint density at radius 1 is 1.00 bits per heavy atom. The number of para-hydroxylation sites is 1. The Morgan fingerprint density at radius 3 is 2.72 bits per heavy atom. The van der Waals surface area contributed by atoms with Crippen molar-refractivity contribution in [3.8, 4) is 0 Å². The zero-order chi connectivity index (χ0) is 20.0. The predicted octanol–water partition coefficient (Wildman–Crippen LogP) is 4.13. The van der Waals surface area contributed by atoms with E-state index in [1.165, 1.54) is 16.8 Å². The summed E-state index contributed by atoms with van der Waals surface area (Å²) in [7, 11) is 0. The van der Waals surface area contributed by atoms with Crippen molar-refractivity contribution in [1.82, 2.24) is 25.2 Å². The molecule has 29 heavy (non-hydrogen) atoms. The minimum atomic E-state index is -0.214. The Morgan fingerprint density at radius 2 is 1.86 bits per heavy atom. The second-order valence-corrected chi connectivity index (χ2v) is 8.55. The van der Waals surface area contributed by atoms with Gasteiger partial charge in [0, 0.05) is 23.8 Å². The molecule has 0 unspecified atom stereocenters. The third-order valence-electron chi connectivity index (χ3n) is 5.55. The molecule has 6 nitrogen and oxygen atoms in total. The van der Waals surface area contributed by atoms with Crippen LogP contribution in [0.4, 0.5) is 5.69 Å². The van der Waals surface area contributed by atoms with Gasteiger partial charge in [-0.15, -0.1) is 5.10 Å². The Balaban J connectivity index is 1.71. The monoisotopic (exact) mass is 384 g/mol. The van der Waals surface area contributed by atoms with Gasteiger partial charge in [0.2, 0.25) is 0 Å². The van der Waals surface area contributed by atoms with Crippen molar-refractivity contribution in [1.29, 1.82) is 0 Å². The van der Waals surface area contributed by atoms with Gasteiger partial charge in [-0.1, -0.05) is 30.3 Å². The molecule has 5 rings (SSSR count). The molecule has 1 aliphatic rings. The van der Waals surface area contributed by atoms with E-state index in [0.717, 1.165) is 29.7 Å². The molecule has 0 amide bonds. The summed E-state index contributed by atoms with van der Waals surface area (Å²) in [5.74, 6) is 0.859. The van der Waals surface area contributed by atoms with Gasteiger partial charge in [-0.25, -0.2) is 4.68 Å². The molecule has 3 heterocycles. The Labute approximate surface area is 170 Å². The van der Waals surface area contributed by atoms with Crippen LogP contribution in [0.2, 0.25) is 0 Å². The molecule has 1 atom stereocenters. The summed E-state index contributed by atoms with van der Waals surface area (Å²) in [4.78, 5) is 6.91. The second-order valence-electron chi connectivity index (χ2n) is 8.55. The lowest BCUT2D eigenvalue weighted by atomic mass is 10.00. The van der Waals surface area contributed by atoms with Crippen LogP contribution in [-0.4, -0.2) is 31.7 Å². The third-order valence-corrected chi connectivity index (χ3v) is 5.55. The molecule has 0 radical (unpaired) electrons. The summed E-state index contributed by atoms with van der Waals surface area (Å²) in [5, 5.41) is 14.0. The highest BCUT2D eigenvalue weighted by atomic mass is 15.6. The Hall–Kier alpha value is -3.28. The second kappa shape index (κ2) is 6.65. The van der Waals surface area contributed by atoms with Gasteiger partial charge >= 0.3 is 0 Å². The average molecular weight is 384 g/mol. The first-order chi connectivity index (χ1) is 14.0. The van der Waals surface area contributed by atoms with Crippen LogP contribution in [0.3, 0.4) is 0 Å². The number of hydrogen-bond donors (Lipinski definition) is 0. The average Bonchev–Trinajstić information content (AvgIpc) is 3.36. The number of tetrazole rings is 1. The van der Waals surface area contributed by atoms with Crippen molar-refractivity contribution < 1.29 is 0 Å². The Kier molecular flexibility index (Phi) is 4.08. The molecular weight excluding hydrogens is 360 g/mol. The highest BCUT2D eigenvalue weighted by Crippen LogP contribution is 2.39. The molecule has 4 aromatic rings. The summed E-state index contributed by atoms with van der Waals surface area (Å²) in [5.41, 5.74) is 4.58. The van der Waals surface area contributed by atoms with Gasteiger partial charge in [-0.3, -0.25) is 4.98 Å². The topological polar surface area (TPSA) is 59.7 Å². The molecule has 0 spiro atoms.